The number of nitrogens with one attached hydrogen (secondary N) is 1. The molecule has 7 heteroatoms. The minimum Gasteiger partial charge on any atom is -0.411 e. The van der Waals surface area contributed by atoms with E-state index in [0.717, 1.165) is 12.8 Å². The number of amides is 1. The first-order valence-corrected chi connectivity index (χ1v) is 9.53. The number of carbonyl (C=O) groups excluding carboxylic acids is 1. The van der Waals surface area contributed by atoms with Crippen molar-refractivity contribution < 1.29 is 13.6 Å². The first kappa shape index (κ1) is 17.9. The van der Waals surface area contributed by atoms with Crippen molar-refractivity contribution in [1.29, 1.82) is 0 Å². The topological polar surface area (TPSA) is 68.0 Å². The fourth-order valence-electron chi connectivity index (χ4n) is 3.14. The summed E-state index contributed by atoms with van der Waals surface area (Å²) in [6, 6.07) is 6.08. The van der Waals surface area contributed by atoms with E-state index in [2.05, 4.69) is 29.4 Å². The minimum absolute atomic E-state index is 0.0162. The number of hydrogen-bond donors (Lipinski definition) is 1. The van der Waals surface area contributed by atoms with Crippen molar-refractivity contribution in [2.45, 2.75) is 44.4 Å². The van der Waals surface area contributed by atoms with Crippen LogP contribution in [0.5, 0.6) is 0 Å². The summed E-state index contributed by atoms with van der Waals surface area (Å²) in [6.07, 6.45) is 3.43. The first-order valence-electron chi connectivity index (χ1n) is 8.54. The maximum absolute atomic E-state index is 12.9. The molecule has 0 spiro atoms. The highest BCUT2D eigenvalue weighted by Gasteiger charge is 2.28. The summed E-state index contributed by atoms with van der Waals surface area (Å²) in [5, 5.41) is 11.3. The average Bonchev–Trinajstić information content (AvgIpc) is 3.07. The third kappa shape index (κ3) is 4.60. The summed E-state index contributed by atoms with van der Waals surface area (Å²) in [5.74, 6) is 1.36. The van der Waals surface area contributed by atoms with Crippen molar-refractivity contribution in [3.63, 3.8) is 0 Å². The Morgan fingerprint density at radius 3 is 2.80 bits per heavy atom. The van der Waals surface area contributed by atoms with Crippen molar-refractivity contribution in [2.24, 2.45) is 11.8 Å². The van der Waals surface area contributed by atoms with Gasteiger partial charge in [0.15, 0.2) is 0 Å². The molecule has 5 nitrogen and oxygen atoms in total. The Labute approximate surface area is 150 Å². The highest BCUT2D eigenvalue weighted by Crippen LogP contribution is 2.29. The fourth-order valence-corrected chi connectivity index (χ4v) is 3.71. The van der Waals surface area contributed by atoms with Gasteiger partial charge in [0.25, 0.3) is 5.22 Å². The maximum atomic E-state index is 12.9. The number of thioether (sulfide) groups is 1. The van der Waals surface area contributed by atoms with Crippen LogP contribution in [0, 0.1) is 17.7 Å². The second kappa shape index (κ2) is 7.99. The number of rotatable bonds is 5. The summed E-state index contributed by atoms with van der Waals surface area (Å²) in [6.45, 7) is 4.45. The van der Waals surface area contributed by atoms with Crippen LogP contribution in [0.4, 0.5) is 4.39 Å². The fraction of sp³-hybridized carbons (Fsp3) is 0.500. The Morgan fingerprint density at radius 2 is 2.04 bits per heavy atom. The van der Waals surface area contributed by atoms with Gasteiger partial charge in [-0.05, 0) is 42.5 Å². The molecule has 0 saturated heterocycles. The number of hydrogen-bond acceptors (Lipinski definition) is 5. The number of benzene rings is 1. The highest BCUT2D eigenvalue weighted by atomic mass is 32.2. The molecule has 25 heavy (non-hydrogen) atoms. The number of nitrogens with zero attached hydrogens (tertiary/aromatic N) is 2. The van der Waals surface area contributed by atoms with Gasteiger partial charge in [-0.2, -0.15) is 0 Å². The normalized spacial score (nSPS) is 23.4. The Hall–Kier alpha value is -1.89. The molecule has 1 aliphatic rings. The van der Waals surface area contributed by atoms with Gasteiger partial charge in [-0.3, -0.25) is 4.79 Å². The Morgan fingerprint density at radius 1 is 1.28 bits per heavy atom. The molecule has 1 fully saturated rings. The molecule has 3 atom stereocenters. The van der Waals surface area contributed by atoms with Crippen molar-refractivity contribution >= 4 is 17.7 Å². The molecule has 0 unspecified atom stereocenters. The predicted molar refractivity (Wildman–Crippen MR) is 94.5 cm³/mol. The van der Waals surface area contributed by atoms with Crippen molar-refractivity contribution in [2.75, 3.05) is 5.75 Å². The molecule has 134 valence electrons. The van der Waals surface area contributed by atoms with Crippen LogP contribution in [0.25, 0.3) is 11.5 Å². The van der Waals surface area contributed by atoms with E-state index in [1.807, 2.05) is 0 Å². The van der Waals surface area contributed by atoms with Crippen molar-refractivity contribution in [3.8, 4) is 11.5 Å². The molecule has 2 aromatic rings. The van der Waals surface area contributed by atoms with Crippen molar-refractivity contribution in [1.82, 2.24) is 15.5 Å². The second-order valence-electron chi connectivity index (χ2n) is 6.61. The summed E-state index contributed by atoms with van der Waals surface area (Å²) in [7, 11) is 0. The zero-order chi connectivity index (χ0) is 17.8. The van der Waals surface area contributed by atoms with Crippen LogP contribution >= 0.6 is 11.8 Å². The molecular formula is C18H22FN3O2S. The standard InChI is InChI=1S/C18H22FN3O2S/c1-11-4-3-5-15(12(11)2)20-16(23)10-25-18-22-21-17(24-18)13-6-8-14(19)9-7-13/h6-9,11-12,15H,3-5,10H2,1-2H3,(H,20,23)/t11-,12+,15+/m0/s1. The monoisotopic (exact) mass is 363 g/mol. The van der Waals surface area contributed by atoms with Crippen LogP contribution < -0.4 is 5.32 Å². The summed E-state index contributed by atoms with van der Waals surface area (Å²) in [4.78, 5) is 12.2. The van der Waals surface area contributed by atoms with Crippen molar-refractivity contribution in [3.05, 3.63) is 30.1 Å². The van der Waals surface area contributed by atoms with Gasteiger partial charge in [0, 0.05) is 11.6 Å². The van der Waals surface area contributed by atoms with E-state index in [9.17, 15) is 9.18 Å². The smallest absolute Gasteiger partial charge is 0.277 e. The van der Waals surface area contributed by atoms with Gasteiger partial charge >= 0.3 is 0 Å². The Bertz CT molecular complexity index is 719. The lowest BCUT2D eigenvalue weighted by atomic mass is 9.78. The molecule has 3 rings (SSSR count). The quantitative estimate of drug-likeness (QED) is 0.816. The van der Waals surface area contributed by atoms with E-state index < -0.39 is 0 Å². The van der Waals surface area contributed by atoms with Gasteiger partial charge in [-0.1, -0.05) is 38.5 Å². The van der Waals surface area contributed by atoms with E-state index >= 15 is 0 Å². The zero-order valence-electron chi connectivity index (χ0n) is 14.4. The largest absolute Gasteiger partial charge is 0.411 e. The Balaban J connectivity index is 1.52. The number of aromatic nitrogens is 2. The summed E-state index contributed by atoms with van der Waals surface area (Å²) < 4.78 is 18.5. The molecule has 1 aromatic heterocycles. The molecule has 1 amide bonds. The summed E-state index contributed by atoms with van der Waals surface area (Å²) in [5.41, 5.74) is 0.648. The van der Waals surface area contributed by atoms with Gasteiger partial charge < -0.3 is 9.73 Å². The van der Waals surface area contributed by atoms with E-state index in [-0.39, 0.29) is 23.5 Å². The van der Waals surface area contributed by atoms with Crippen LogP contribution in [-0.4, -0.2) is 27.9 Å². The zero-order valence-corrected chi connectivity index (χ0v) is 15.2. The van der Waals surface area contributed by atoms with Gasteiger partial charge in [0.1, 0.15) is 5.82 Å². The van der Waals surface area contributed by atoms with Crippen LogP contribution in [0.2, 0.25) is 0 Å². The minimum atomic E-state index is -0.319. The maximum Gasteiger partial charge on any atom is 0.277 e. The SMILES string of the molecule is C[C@@H]1[C@@H](C)CCC[C@H]1NC(=O)CSc1nnc(-c2ccc(F)cc2)o1. The van der Waals surface area contributed by atoms with E-state index in [1.165, 1.54) is 30.3 Å². The van der Waals surface area contributed by atoms with E-state index in [4.69, 9.17) is 4.42 Å². The molecule has 0 radical (unpaired) electrons. The van der Waals surface area contributed by atoms with Crippen LogP contribution in [-0.2, 0) is 4.79 Å². The third-order valence-corrected chi connectivity index (χ3v) is 5.70. The Kier molecular flexibility index (Phi) is 5.73. The van der Waals surface area contributed by atoms with Crippen LogP contribution in [0.15, 0.2) is 33.9 Å². The molecular weight excluding hydrogens is 341 g/mol. The molecule has 0 bridgehead atoms. The molecule has 1 saturated carbocycles. The second-order valence-corrected chi connectivity index (χ2v) is 7.54. The lowest BCUT2D eigenvalue weighted by Crippen LogP contribution is -2.44. The van der Waals surface area contributed by atoms with E-state index in [0.29, 0.717) is 28.5 Å². The molecule has 0 aliphatic heterocycles. The average molecular weight is 363 g/mol. The molecule has 1 heterocycles. The summed E-state index contributed by atoms with van der Waals surface area (Å²) >= 11 is 1.21. The van der Waals surface area contributed by atoms with E-state index in [1.54, 1.807) is 12.1 Å². The molecule has 1 aromatic carbocycles. The third-order valence-electron chi connectivity index (χ3n) is 4.88. The number of halogens is 1. The highest BCUT2D eigenvalue weighted by molar-refractivity contribution is 7.99. The molecule has 1 aliphatic carbocycles. The first-order chi connectivity index (χ1) is 12.0. The lowest BCUT2D eigenvalue weighted by molar-refractivity contribution is -0.120. The predicted octanol–water partition coefficient (Wildman–Crippen LogP) is 3.91. The lowest BCUT2D eigenvalue weighted by Gasteiger charge is -2.34. The van der Waals surface area contributed by atoms with Crippen LogP contribution in [0.1, 0.15) is 33.1 Å². The van der Waals surface area contributed by atoms with Gasteiger partial charge in [0.05, 0.1) is 5.75 Å². The number of carbonyl (C=O) groups is 1. The molecule has 1 N–H and O–H groups in total. The van der Waals surface area contributed by atoms with Gasteiger partial charge in [-0.15, -0.1) is 10.2 Å². The van der Waals surface area contributed by atoms with Gasteiger partial charge in [-0.25, -0.2) is 4.39 Å². The van der Waals surface area contributed by atoms with Crippen LogP contribution in [0.3, 0.4) is 0 Å². The van der Waals surface area contributed by atoms with Gasteiger partial charge in [0.2, 0.25) is 11.8 Å².